The summed E-state index contributed by atoms with van der Waals surface area (Å²) in [6.07, 6.45) is 4.97. The molecular formula is C11H10N4O4S. The number of hydrogen-bond donors (Lipinski definition) is 0. The number of ether oxygens (including phenoxy) is 1. The van der Waals surface area contributed by atoms with Crippen LogP contribution in [0.3, 0.4) is 0 Å². The third kappa shape index (κ3) is 2.72. The molecule has 9 heteroatoms. The smallest absolute Gasteiger partial charge is 0.381 e. The molecule has 0 spiro atoms. The second-order valence-electron chi connectivity index (χ2n) is 3.46. The second-order valence-corrected chi connectivity index (χ2v) is 4.29. The highest BCUT2D eigenvalue weighted by Crippen LogP contribution is 2.20. The van der Waals surface area contributed by atoms with Gasteiger partial charge in [-0.05, 0) is 6.92 Å². The van der Waals surface area contributed by atoms with Crippen LogP contribution in [0.1, 0.15) is 17.4 Å². The van der Waals surface area contributed by atoms with Gasteiger partial charge in [-0.25, -0.2) is 19.4 Å². The number of rotatable bonds is 6. The van der Waals surface area contributed by atoms with Crippen molar-refractivity contribution in [1.29, 1.82) is 0 Å². The molecule has 1 amide bonds. The first kappa shape index (κ1) is 13.9. The van der Waals surface area contributed by atoms with Gasteiger partial charge in [-0.1, -0.05) is 0 Å². The van der Waals surface area contributed by atoms with E-state index in [4.69, 9.17) is 0 Å². The number of thiazole rings is 1. The molecular weight excluding hydrogens is 284 g/mol. The molecule has 2 heterocycles. The lowest BCUT2D eigenvalue weighted by Crippen LogP contribution is -2.26. The van der Waals surface area contributed by atoms with Crippen LogP contribution in [0.25, 0.3) is 0 Å². The number of esters is 1. The topological polar surface area (TPSA) is 94.4 Å². The molecule has 8 nitrogen and oxygen atoms in total. The van der Waals surface area contributed by atoms with Crippen LogP contribution in [-0.2, 0) is 14.3 Å². The summed E-state index contributed by atoms with van der Waals surface area (Å²) >= 11 is 1.05. The van der Waals surface area contributed by atoms with Gasteiger partial charge >= 0.3 is 5.97 Å². The zero-order chi connectivity index (χ0) is 14.5. The number of aromatic nitrogens is 3. The minimum absolute atomic E-state index is 0.0598. The highest BCUT2D eigenvalue weighted by Gasteiger charge is 2.22. The lowest BCUT2D eigenvalue weighted by Gasteiger charge is -2.13. The largest absolute Gasteiger partial charge is 0.460 e. The van der Waals surface area contributed by atoms with Gasteiger partial charge < -0.3 is 4.74 Å². The van der Waals surface area contributed by atoms with Gasteiger partial charge in [0.05, 0.1) is 6.61 Å². The highest BCUT2D eigenvalue weighted by atomic mass is 32.1. The number of nitrogens with zero attached hydrogens (tertiary/aromatic N) is 4. The average Bonchev–Trinajstić information content (AvgIpc) is 3.11. The molecule has 0 N–H and O–H groups in total. The Morgan fingerprint density at radius 3 is 2.95 bits per heavy atom. The maximum atomic E-state index is 11.7. The third-order valence-corrected chi connectivity index (χ3v) is 3.05. The molecule has 104 valence electrons. The van der Waals surface area contributed by atoms with Crippen LogP contribution in [0, 0.1) is 0 Å². The SMILES string of the molecule is CCOC(=O)C(=O)c1csc(N(C=O)n2ccnc2)n1. The lowest BCUT2D eigenvalue weighted by atomic mass is 10.3. The number of amides is 1. The predicted octanol–water partition coefficient (Wildman–Crippen LogP) is 0.512. The van der Waals surface area contributed by atoms with Crippen molar-refractivity contribution in [3.05, 3.63) is 29.8 Å². The van der Waals surface area contributed by atoms with Gasteiger partial charge in [-0.15, -0.1) is 11.3 Å². The van der Waals surface area contributed by atoms with Crippen molar-refractivity contribution < 1.29 is 19.1 Å². The molecule has 0 aliphatic carbocycles. The summed E-state index contributed by atoms with van der Waals surface area (Å²) in [6.45, 7) is 1.71. The molecule has 2 aromatic heterocycles. The van der Waals surface area contributed by atoms with Gasteiger partial charge in [0.25, 0.3) is 5.78 Å². The number of anilines is 1. The van der Waals surface area contributed by atoms with E-state index in [0.717, 1.165) is 16.3 Å². The molecule has 0 radical (unpaired) electrons. The van der Waals surface area contributed by atoms with Crippen LogP contribution in [0.2, 0.25) is 0 Å². The maximum Gasteiger partial charge on any atom is 0.381 e. The van der Waals surface area contributed by atoms with Gasteiger partial charge in [-0.2, -0.15) is 5.01 Å². The van der Waals surface area contributed by atoms with Crippen molar-refractivity contribution in [3.63, 3.8) is 0 Å². The number of hydrogen-bond acceptors (Lipinski definition) is 7. The molecule has 0 bridgehead atoms. The number of carbonyl (C=O) groups is 3. The molecule has 2 rings (SSSR count). The number of carbonyl (C=O) groups excluding carboxylic acids is 3. The van der Waals surface area contributed by atoms with Crippen LogP contribution in [0.4, 0.5) is 5.13 Å². The predicted molar refractivity (Wildman–Crippen MR) is 69.2 cm³/mol. The Morgan fingerprint density at radius 2 is 2.35 bits per heavy atom. The van der Waals surface area contributed by atoms with Gasteiger partial charge in [0, 0.05) is 17.8 Å². The van der Waals surface area contributed by atoms with Crippen molar-refractivity contribution in [2.75, 3.05) is 11.6 Å². The summed E-state index contributed by atoms with van der Waals surface area (Å²) < 4.78 is 6.00. The Kier molecular flexibility index (Phi) is 4.20. The zero-order valence-electron chi connectivity index (χ0n) is 10.4. The van der Waals surface area contributed by atoms with Crippen LogP contribution < -0.4 is 5.01 Å². The first-order valence-electron chi connectivity index (χ1n) is 5.57. The Bertz CT molecular complexity index is 622. The monoisotopic (exact) mass is 294 g/mol. The average molecular weight is 294 g/mol. The summed E-state index contributed by atoms with van der Waals surface area (Å²) in [4.78, 5) is 41.9. The summed E-state index contributed by atoms with van der Waals surface area (Å²) in [5.41, 5.74) is -0.0598. The Balaban J connectivity index is 2.22. The molecule has 0 aromatic carbocycles. The summed E-state index contributed by atoms with van der Waals surface area (Å²) in [6, 6.07) is 0. The minimum Gasteiger partial charge on any atom is -0.460 e. The Hall–Kier alpha value is -2.55. The number of Topliss-reactive ketones (excluding diaryl/α,β-unsaturated/α-hetero) is 1. The molecule has 0 aliphatic rings. The van der Waals surface area contributed by atoms with Gasteiger partial charge in [0.2, 0.25) is 11.5 Å². The molecule has 0 unspecified atom stereocenters. The normalized spacial score (nSPS) is 10.1. The summed E-state index contributed by atoms with van der Waals surface area (Å²) in [7, 11) is 0. The second kappa shape index (κ2) is 6.06. The number of ketones is 1. The molecule has 0 aliphatic heterocycles. The molecule has 20 heavy (non-hydrogen) atoms. The Labute approximate surface area is 117 Å². The fourth-order valence-electron chi connectivity index (χ4n) is 1.35. The van der Waals surface area contributed by atoms with Gasteiger partial charge in [0.1, 0.15) is 12.0 Å². The zero-order valence-corrected chi connectivity index (χ0v) is 11.2. The first-order chi connectivity index (χ1) is 9.67. The highest BCUT2D eigenvalue weighted by molar-refractivity contribution is 7.14. The van der Waals surface area contributed by atoms with E-state index in [1.165, 1.54) is 22.6 Å². The van der Waals surface area contributed by atoms with E-state index < -0.39 is 11.8 Å². The third-order valence-electron chi connectivity index (χ3n) is 2.22. The summed E-state index contributed by atoms with van der Waals surface area (Å²) in [5.74, 6) is -1.81. The molecule has 0 saturated carbocycles. The molecule has 0 saturated heterocycles. The van der Waals surface area contributed by atoms with Crippen molar-refractivity contribution in [2.45, 2.75) is 6.92 Å². The number of imidazole rings is 1. The van der Waals surface area contributed by atoms with E-state index in [-0.39, 0.29) is 17.4 Å². The van der Waals surface area contributed by atoms with Gasteiger partial charge in [-0.3, -0.25) is 9.59 Å². The van der Waals surface area contributed by atoms with Gasteiger partial charge in [0.15, 0.2) is 0 Å². The minimum atomic E-state index is -0.968. The molecule has 2 aromatic rings. The van der Waals surface area contributed by atoms with Crippen molar-refractivity contribution in [2.24, 2.45) is 0 Å². The first-order valence-corrected chi connectivity index (χ1v) is 6.45. The lowest BCUT2D eigenvalue weighted by molar-refractivity contribution is -0.137. The van der Waals surface area contributed by atoms with E-state index in [0.29, 0.717) is 6.41 Å². The van der Waals surface area contributed by atoms with E-state index in [1.54, 1.807) is 13.1 Å². The fourth-order valence-corrected chi connectivity index (χ4v) is 2.13. The fraction of sp³-hybridized carbons (Fsp3) is 0.182. The van der Waals surface area contributed by atoms with E-state index in [1.807, 2.05) is 0 Å². The van der Waals surface area contributed by atoms with Crippen molar-refractivity contribution in [3.8, 4) is 0 Å². The van der Waals surface area contributed by atoms with Crippen molar-refractivity contribution >= 4 is 34.6 Å². The molecule has 0 fully saturated rings. The summed E-state index contributed by atoms with van der Waals surface area (Å²) in [5, 5.41) is 2.78. The van der Waals surface area contributed by atoms with E-state index >= 15 is 0 Å². The van der Waals surface area contributed by atoms with E-state index in [2.05, 4.69) is 14.7 Å². The van der Waals surface area contributed by atoms with Crippen LogP contribution in [-0.4, -0.2) is 39.4 Å². The molecule has 0 atom stereocenters. The van der Waals surface area contributed by atoms with Crippen molar-refractivity contribution in [1.82, 2.24) is 14.6 Å². The van der Waals surface area contributed by atoms with Crippen LogP contribution in [0.5, 0.6) is 0 Å². The Morgan fingerprint density at radius 1 is 1.55 bits per heavy atom. The maximum absolute atomic E-state index is 11.7. The standard InChI is InChI=1S/C11H10N4O4S/c1-2-19-10(18)9(17)8-5-20-11(13-8)15(7-16)14-4-3-12-6-14/h3-7H,2H2,1H3. The quantitative estimate of drug-likeness (QED) is 0.333. The van der Waals surface area contributed by atoms with E-state index in [9.17, 15) is 14.4 Å². The van der Waals surface area contributed by atoms with Crippen LogP contribution >= 0.6 is 11.3 Å². The van der Waals surface area contributed by atoms with Crippen LogP contribution in [0.15, 0.2) is 24.1 Å².